The number of anilines is 3. The summed E-state index contributed by atoms with van der Waals surface area (Å²) in [5.74, 6) is 0. The number of fused-ring (bicyclic) bond motifs is 16. The molecule has 53 heavy (non-hydrogen) atoms. The molecule has 0 amide bonds. The highest BCUT2D eigenvalue weighted by molar-refractivity contribution is 6.38. The monoisotopic (exact) mass is 672 g/mol. The van der Waals surface area contributed by atoms with Gasteiger partial charge in [0.05, 0.1) is 39.5 Å². The van der Waals surface area contributed by atoms with Crippen LogP contribution in [0.25, 0.3) is 97.9 Å². The third kappa shape index (κ3) is 3.39. The molecule has 0 N–H and O–H groups in total. The van der Waals surface area contributed by atoms with Crippen molar-refractivity contribution in [2.45, 2.75) is 0 Å². The molecule has 8 aromatic carbocycles. The van der Waals surface area contributed by atoms with E-state index in [1.807, 2.05) is 0 Å². The van der Waals surface area contributed by atoms with E-state index in [4.69, 9.17) is 4.98 Å². The van der Waals surface area contributed by atoms with Gasteiger partial charge in [0.15, 0.2) is 0 Å². The van der Waals surface area contributed by atoms with Crippen LogP contribution in [-0.4, -0.2) is 13.8 Å². The lowest BCUT2D eigenvalue weighted by Crippen LogP contribution is -2.10. The Morgan fingerprint density at radius 1 is 0.377 bits per heavy atom. The molecule has 244 valence electrons. The number of para-hydroxylation sites is 4. The molecule has 13 aromatic rings. The standard InChI is InChI=1S/C49H28N4/c1-3-16-32(17-4-1)51(33-18-5-2-6-19-33)40-24-12-23-36-43-34-20-10-9-15-31(34)26-39-45-44-37-22-11-21-35-38-25-29-13-7-8-14-30(29)27-41(38)52(46(35)37)42(44)28-50-49(45)53(47(36)40)48(39)43/h1-28H. The Hall–Kier alpha value is -7.17. The zero-order valence-corrected chi connectivity index (χ0v) is 28.5. The molecule has 0 aliphatic heterocycles. The van der Waals surface area contributed by atoms with Crippen molar-refractivity contribution in [1.29, 1.82) is 0 Å². The summed E-state index contributed by atoms with van der Waals surface area (Å²) in [5.41, 5.74) is 10.3. The van der Waals surface area contributed by atoms with Gasteiger partial charge in [-0.3, -0.25) is 4.40 Å². The number of aromatic nitrogens is 3. The van der Waals surface area contributed by atoms with E-state index in [0.717, 1.165) is 33.7 Å². The fourth-order valence-electron chi connectivity index (χ4n) is 9.65. The third-order valence-corrected chi connectivity index (χ3v) is 11.7. The first-order chi connectivity index (χ1) is 26.3. The Balaban J connectivity index is 1.26. The molecule has 0 unspecified atom stereocenters. The number of hydrogen-bond donors (Lipinski definition) is 0. The predicted octanol–water partition coefficient (Wildman–Crippen LogP) is 13.2. The van der Waals surface area contributed by atoms with Gasteiger partial charge in [-0.2, -0.15) is 0 Å². The van der Waals surface area contributed by atoms with Crippen molar-refractivity contribution in [3.05, 3.63) is 170 Å². The van der Waals surface area contributed by atoms with Crippen molar-refractivity contribution in [1.82, 2.24) is 13.8 Å². The Bertz CT molecular complexity index is 3580. The minimum absolute atomic E-state index is 0.986. The Morgan fingerprint density at radius 3 is 1.75 bits per heavy atom. The molecule has 0 saturated heterocycles. The van der Waals surface area contributed by atoms with Crippen molar-refractivity contribution in [2.24, 2.45) is 0 Å². The van der Waals surface area contributed by atoms with E-state index in [9.17, 15) is 0 Å². The molecular weight excluding hydrogens is 645 g/mol. The van der Waals surface area contributed by atoms with Gasteiger partial charge in [0.1, 0.15) is 5.65 Å². The predicted molar refractivity (Wildman–Crippen MR) is 223 cm³/mol. The highest BCUT2D eigenvalue weighted by atomic mass is 15.2. The zero-order valence-electron chi connectivity index (χ0n) is 28.5. The van der Waals surface area contributed by atoms with Gasteiger partial charge in [0, 0.05) is 54.5 Å². The first-order valence-electron chi connectivity index (χ1n) is 18.2. The molecule has 4 nitrogen and oxygen atoms in total. The Kier molecular flexibility index (Phi) is 5.08. The lowest BCUT2D eigenvalue weighted by molar-refractivity contribution is 1.24. The topological polar surface area (TPSA) is 24.9 Å². The highest BCUT2D eigenvalue weighted by Gasteiger charge is 2.28. The summed E-state index contributed by atoms with van der Waals surface area (Å²) in [7, 11) is 0. The summed E-state index contributed by atoms with van der Waals surface area (Å²) in [6, 6.07) is 59.7. The van der Waals surface area contributed by atoms with Gasteiger partial charge in [-0.1, -0.05) is 115 Å². The summed E-state index contributed by atoms with van der Waals surface area (Å²) in [6.07, 6.45) is 2.13. The molecule has 5 heterocycles. The third-order valence-electron chi connectivity index (χ3n) is 11.7. The molecule has 0 aliphatic rings. The average Bonchev–Trinajstić information content (AvgIpc) is 3.94. The second-order valence-electron chi connectivity index (χ2n) is 14.4. The van der Waals surface area contributed by atoms with E-state index in [0.29, 0.717) is 0 Å². The van der Waals surface area contributed by atoms with Crippen LogP contribution in [0.2, 0.25) is 0 Å². The molecular formula is C49H28N4. The minimum atomic E-state index is 0.986. The number of pyridine rings is 1. The van der Waals surface area contributed by atoms with E-state index < -0.39 is 0 Å². The maximum atomic E-state index is 5.47. The van der Waals surface area contributed by atoms with E-state index >= 15 is 0 Å². The fraction of sp³-hybridized carbons (Fsp3) is 0. The summed E-state index contributed by atoms with van der Waals surface area (Å²) < 4.78 is 4.94. The van der Waals surface area contributed by atoms with Crippen molar-refractivity contribution in [3.8, 4) is 0 Å². The lowest BCUT2D eigenvalue weighted by atomic mass is 9.98. The molecule has 0 radical (unpaired) electrons. The minimum Gasteiger partial charge on any atom is -0.308 e. The highest BCUT2D eigenvalue weighted by Crippen LogP contribution is 2.50. The average molecular weight is 673 g/mol. The van der Waals surface area contributed by atoms with Crippen LogP contribution in [0.3, 0.4) is 0 Å². The quantitative estimate of drug-likeness (QED) is 0.187. The number of hydrogen-bond acceptors (Lipinski definition) is 2. The van der Waals surface area contributed by atoms with Crippen LogP contribution in [0, 0.1) is 0 Å². The molecule has 4 heteroatoms. The SMILES string of the molecule is c1ccc(N(c2ccccc2)c2cccc3c4c5ccccc5cc5c6c7c8cccc9c%10cc%11ccccc%11cc%10n(c7cnc6n(c23)c54)c98)cc1. The summed E-state index contributed by atoms with van der Waals surface area (Å²) >= 11 is 0. The number of rotatable bonds is 3. The summed E-state index contributed by atoms with van der Waals surface area (Å²) in [5, 5.41) is 15.0. The largest absolute Gasteiger partial charge is 0.308 e. The van der Waals surface area contributed by atoms with Crippen molar-refractivity contribution in [2.75, 3.05) is 4.90 Å². The van der Waals surface area contributed by atoms with Gasteiger partial charge in [-0.05, 0) is 70.1 Å². The second-order valence-corrected chi connectivity index (χ2v) is 14.4. The van der Waals surface area contributed by atoms with Gasteiger partial charge in [0.2, 0.25) is 0 Å². The molecule has 13 rings (SSSR count). The van der Waals surface area contributed by atoms with Gasteiger partial charge in [0.25, 0.3) is 0 Å². The summed E-state index contributed by atoms with van der Waals surface area (Å²) in [6.45, 7) is 0. The van der Waals surface area contributed by atoms with Crippen molar-refractivity contribution in [3.63, 3.8) is 0 Å². The smallest absolute Gasteiger partial charge is 0.146 e. The van der Waals surface area contributed by atoms with Crippen LogP contribution in [-0.2, 0) is 0 Å². The fourth-order valence-corrected chi connectivity index (χ4v) is 9.65. The molecule has 0 fully saturated rings. The Labute approximate surface area is 302 Å². The molecule has 0 atom stereocenters. The zero-order chi connectivity index (χ0) is 34.4. The number of benzene rings is 8. The second kappa shape index (κ2) is 9.78. The van der Waals surface area contributed by atoms with Crippen molar-refractivity contribution >= 4 is 115 Å². The van der Waals surface area contributed by atoms with E-state index in [2.05, 4.69) is 184 Å². The van der Waals surface area contributed by atoms with Crippen LogP contribution >= 0.6 is 0 Å². The van der Waals surface area contributed by atoms with Crippen LogP contribution in [0.4, 0.5) is 17.1 Å². The van der Waals surface area contributed by atoms with Gasteiger partial charge in [-0.15, -0.1) is 0 Å². The maximum Gasteiger partial charge on any atom is 0.146 e. The van der Waals surface area contributed by atoms with E-state index in [1.54, 1.807) is 0 Å². The first-order valence-corrected chi connectivity index (χ1v) is 18.2. The Morgan fingerprint density at radius 2 is 0.981 bits per heavy atom. The maximum absolute atomic E-state index is 5.47. The number of nitrogens with zero attached hydrogens (tertiary/aromatic N) is 4. The first kappa shape index (κ1) is 27.5. The van der Waals surface area contributed by atoms with Gasteiger partial charge >= 0.3 is 0 Å². The molecule has 5 aromatic heterocycles. The van der Waals surface area contributed by atoms with Crippen molar-refractivity contribution < 1.29 is 0 Å². The van der Waals surface area contributed by atoms with Gasteiger partial charge < -0.3 is 9.30 Å². The molecule has 0 spiro atoms. The van der Waals surface area contributed by atoms with E-state index in [1.165, 1.54) is 81.2 Å². The summed E-state index contributed by atoms with van der Waals surface area (Å²) in [4.78, 5) is 7.86. The lowest BCUT2D eigenvalue weighted by Gasteiger charge is -2.26. The van der Waals surface area contributed by atoms with Crippen LogP contribution < -0.4 is 4.90 Å². The molecule has 0 saturated carbocycles. The van der Waals surface area contributed by atoms with Crippen LogP contribution in [0.1, 0.15) is 0 Å². The molecule has 0 aliphatic carbocycles. The van der Waals surface area contributed by atoms with Gasteiger partial charge in [-0.25, -0.2) is 4.98 Å². The van der Waals surface area contributed by atoms with Crippen LogP contribution in [0.5, 0.6) is 0 Å². The normalized spacial score (nSPS) is 12.5. The van der Waals surface area contributed by atoms with Crippen LogP contribution in [0.15, 0.2) is 170 Å². The van der Waals surface area contributed by atoms with E-state index in [-0.39, 0.29) is 0 Å². The molecule has 0 bridgehead atoms.